The van der Waals surface area contributed by atoms with Gasteiger partial charge in [0, 0.05) is 17.7 Å². The zero-order valence-electron chi connectivity index (χ0n) is 25.1. The Hall–Kier alpha value is -3.13. The fraction of sp³-hybridized carbons (Fsp3) is 0.606. The summed E-state index contributed by atoms with van der Waals surface area (Å²) in [5, 5.41) is 10.6. The van der Waals surface area contributed by atoms with Crippen molar-refractivity contribution in [1.82, 2.24) is 9.88 Å². The number of rotatable bonds is 9. The van der Waals surface area contributed by atoms with Gasteiger partial charge < -0.3 is 19.3 Å². The maximum absolute atomic E-state index is 13.8. The highest BCUT2D eigenvalue weighted by atomic mass is 16.6. The normalized spacial score (nSPS) is 24.8. The highest BCUT2D eigenvalue weighted by Crippen LogP contribution is 2.53. The summed E-state index contributed by atoms with van der Waals surface area (Å²) in [6, 6.07) is 8.46. The third-order valence-electron chi connectivity index (χ3n) is 8.88. The molecule has 3 aliphatic rings. The van der Waals surface area contributed by atoms with Crippen LogP contribution in [-0.4, -0.2) is 52.4 Å². The van der Waals surface area contributed by atoms with Gasteiger partial charge in [-0.25, -0.2) is 14.6 Å². The largest absolute Gasteiger partial charge is 0.481 e. The van der Waals surface area contributed by atoms with Crippen molar-refractivity contribution in [3.63, 3.8) is 0 Å². The lowest BCUT2D eigenvalue weighted by molar-refractivity contribution is -0.145. The van der Waals surface area contributed by atoms with Gasteiger partial charge in [-0.15, -0.1) is 0 Å². The van der Waals surface area contributed by atoms with Gasteiger partial charge in [0.25, 0.3) is 0 Å². The lowest BCUT2D eigenvalue weighted by Crippen LogP contribution is -2.47. The van der Waals surface area contributed by atoms with E-state index < -0.39 is 47.7 Å². The number of carboxylic acids is 1. The molecule has 1 N–H and O–H groups in total. The Balaban J connectivity index is 1.60. The quantitative estimate of drug-likeness (QED) is 0.356. The second-order valence-electron chi connectivity index (χ2n) is 13.2. The van der Waals surface area contributed by atoms with Gasteiger partial charge in [-0.2, -0.15) is 0 Å². The number of carboxylic acid groups (broad SMARTS) is 1. The fourth-order valence-electron chi connectivity index (χ4n) is 6.63. The molecule has 2 saturated carbocycles. The standard InChI is InChI=1S/C33H44N2O6/c1-19(2)41-32(38)35-27(25-13-8-7-12-24(25)21-14-15-21)29(26(33(3,4)5)28(35)31(36)37)40-18-23-16-22(20-10-9-11-20)17-34-30(23)39-6/h7-8,12-13,16-17,19-21,26-29H,9-11,14-15,18H2,1-6H3,(H,36,37)/t26-,27+,28+,29+/m1/s1. The van der Waals surface area contributed by atoms with Crippen molar-refractivity contribution in [3.05, 3.63) is 58.8 Å². The van der Waals surface area contributed by atoms with Crippen molar-refractivity contribution in [1.29, 1.82) is 0 Å². The van der Waals surface area contributed by atoms with Crippen molar-refractivity contribution < 1.29 is 28.9 Å². The first-order valence-corrected chi connectivity index (χ1v) is 15.0. The molecule has 1 amide bonds. The Labute approximate surface area is 243 Å². The molecule has 0 radical (unpaired) electrons. The summed E-state index contributed by atoms with van der Waals surface area (Å²) in [6.45, 7) is 9.80. The number of aliphatic carboxylic acids is 1. The number of pyridine rings is 1. The smallest absolute Gasteiger partial charge is 0.411 e. The van der Waals surface area contributed by atoms with Crippen LogP contribution in [0.2, 0.25) is 0 Å². The van der Waals surface area contributed by atoms with Crippen molar-refractivity contribution in [2.45, 2.75) is 109 Å². The van der Waals surface area contributed by atoms with E-state index in [1.165, 1.54) is 16.9 Å². The molecule has 222 valence electrons. The maximum atomic E-state index is 13.8. The zero-order chi connectivity index (χ0) is 29.5. The molecule has 1 aliphatic heterocycles. The number of nitrogens with zero attached hydrogens (tertiary/aromatic N) is 2. The van der Waals surface area contributed by atoms with E-state index in [0.717, 1.165) is 42.4 Å². The Morgan fingerprint density at radius 1 is 1.07 bits per heavy atom. The number of hydrogen-bond acceptors (Lipinski definition) is 6. The van der Waals surface area contributed by atoms with Gasteiger partial charge in [-0.3, -0.25) is 4.90 Å². The molecule has 0 unspecified atom stereocenters. The Kier molecular flexibility index (Phi) is 8.33. The molecule has 4 atom stereocenters. The minimum Gasteiger partial charge on any atom is -0.481 e. The first-order chi connectivity index (χ1) is 19.5. The fourth-order valence-corrected chi connectivity index (χ4v) is 6.63. The third-order valence-corrected chi connectivity index (χ3v) is 8.88. The number of hydrogen-bond donors (Lipinski definition) is 1. The van der Waals surface area contributed by atoms with E-state index in [0.29, 0.717) is 17.7 Å². The van der Waals surface area contributed by atoms with E-state index in [9.17, 15) is 14.7 Å². The second-order valence-corrected chi connectivity index (χ2v) is 13.2. The molecule has 1 saturated heterocycles. The number of amides is 1. The molecule has 8 nitrogen and oxygen atoms in total. The van der Waals surface area contributed by atoms with Crippen molar-refractivity contribution in [2.24, 2.45) is 11.3 Å². The molecule has 0 bridgehead atoms. The van der Waals surface area contributed by atoms with Crippen LogP contribution in [0.25, 0.3) is 0 Å². The number of ether oxygens (including phenoxy) is 3. The van der Waals surface area contributed by atoms with Gasteiger partial charge >= 0.3 is 12.1 Å². The number of likely N-dealkylation sites (tertiary alicyclic amines) is 1. The van der Waals surface area contributed by atoms with Gasteiger partial charge in [0.1, 0.15) is 6.04 Å². The summed E-state index contributed by atoms with van der Waals surface area (Å²) >= 11 is 0. The van der Waals surface area contributed by atoms with Crippen LogP contribution in [0.4, 0.5) is 4.79 Å². The van der Waals surface area contributed by atoms with Crippen molar-refractivity contribution in [2.75, 3.05) is 7.11 Å². The van der Waals surface area contributed by atoms with Crippen LogP contribution in [0, 0.1) is 11.3 Å². The molecule has 5 rings (SSSR count). The number of carbonyl (C=O) groups excluding carboxylic acids is 1. The SMILES string of the molecule is COc1ncc(C2CCC2)cc1CO[C@H]1[C@H](C(C)(C)C)[C@@H](C(=O)O)N(C(=O)OC(C)C)[C@H]1c1ccccc1C1CC1. The van der Waals surface area contributed by atoms with Crippen LogP contribution in [0.3, 0.4) is 0 Å². The number of carbonyl (C=O) groups is 2. The highest BCUT2D eigenvalue weighted by molar-refractivity contribution is 5.82. The van der Waals surface area contributed by atoms with Crippen LogP contribution >= 0.6 is 0 Å². The predicted octanol–water partition coefficient (Wildman–Crippen LogP) is 6.84. The molecule has 0 spiro atoms. The molecule has 1 aromatic heterocycles. The zero-order valence-corrected chi connectivity index (χ0v) is 25.1. The highest BCUT2D eigenvalue weighted by Gasteiger charge is 2.60. The van der Waals surface area contributed by atoms with Crippen molar-refractivity contribution >= 4 is 12.1 Å². The molecule has 2 heterocycles. The molecular weight excluding hydrogens is 520 g/mol. The van der Waals surface area contributed by atoms with Crippen LogP contribution in [0.5, 0.6) is 5.88 Å². The average Bonchev–Trinajstić information content (AvgIpc) is 3.65. The summed E-state index contributed by atoms with van der Waals surface area (Å²) in [4.78, 5) is 32.8. The van der Waals surface area contributed by atoms with Crippen LogP contribution < -0.4 is 4.74 Å². The first kappa shape index (κ1) is 29.4. The van der Waals surface area contributed by atoms with E-state index in [1.807, 2.05) is 45.2 Å². The Morgan fingerprint density at radius 2 is 1.76 bits per heavy atom. The summed E-state index contributed by atoms with van der Waals surface area (Å²) in [6.07, 6.45) is 5.93. The van der Waals surface area contributed by atoms with Crippen LogP contribution in [0.1, 0.15) is 107 Å². The van der Waals surface area contributed by atoms with E-state index >= 15 is 0 Å². The minimum absolute atomic E-state index is 0.190. The topological polar surface area (TPSA) is 98.2 Å². The van der Waals surface area contributed by atoms with E-state index in [4.69, 9.17) is 14.2 Å². The lowest BCUT2D eigenvalue weighted by Gasteiger charge is -2.35. The van der Waals surface area contributed by atoms with E-state index in [1.54, 1.807) is 21.0 Å². The molecule has 41 heavy (non-hydrogen) atoms. The molecular formula is C33H44N2O6. The Bertz CT molecular complexity index is 1260. The number of benzene rings is 1. The second kappa shape index (κ2) is 11.6. The molecule has 8 heteroatoms. The van der Waals surface area contributed by atoms with Crippen LogP contribution in [0.15, 0.2) is 36.5 Å². The molecule has 3 fully saturated rings. The van der Waals surface area contributed by atoms with Gasteiger partial charge in [0.2, 0.25) is 5.88 Å². The Morgan fingerprint density at radius 3 is 2.29 bits per heavy atom. The molecule has 2 aliphatic carbocycles. The van der Waals surface area contributed by atoms with Crippen molar-refractivity contribution in [3.8, 4) is 5.88 Å². The lowest BCUT2D eigenvalue weighted by atomic mass is 9.73. The summed E-state index contributed by atoms with van der Waals surface area (Å²) < 4.78 is 18.1. The predicted molar refractivity (Wildman–Crippen MR) is 155 cm³/mol. The van der Waals surface area contributed by atoms with E-state index in [-0.39, 0.29) is 6.61 Å². The average molecular weight is 565 g/mol. The van der Waals surface area contributed by atoms with E-state index in [2.05, 4.69) is 17.1 Å². The summed E-state index contributed by atoms with van der Waals surface area (Å²) in [5.41, 5.74) is 3.60. The summed E-state index contributed by atoms with van der Waals surface area (Å²) in [5.74, 6) is -0.172. The van der Waals surface area contributed by atoms with Crippen LogP contribution in [-0.2, 0) is 20.9 Å². The first-order valence-electron chi connectivity index (χ1n) is 15.0. The minimum atomic E-state index is -1.12. The maximum Gasteiger partial charge on any atom is 0.411 e. The number of aromatic nitrogens is 1. The molecule has 1 aromatic carbocycles. The van der Waals surface area contributed by atoms with Gasteiger partial charge in [-0.05, 0) is 79.5 Å². The summed E-state index contributed by atoms with van der Waals surface area (Å²) in [7, 11) is 1.60. The van der Waals surface area contributed by atoms with Gasteiger partial charge in [0.15, 0.2) is 0 Å². The molecule has 2 aromatic rings. The van der Waals surface area contributed by atoms with Gasteiger partial charge in [0.05, 0.1) is 32.0 Å². The monoisotopic (exact) mass is 564 g/mol. The number of methoxy groups -OCH3 is 1. The third kappa shape index (κ3) is 5.94. The van der Waals surface area contributed by atoms with Gasteiger partial charge in [-0.1, -0.05) is 51.5 Å².